The van der Waals surface area contributed by atoms with E-state index < -0.39 is 0 Å². The van der Waals surface area contributed by atoms with Gasteiger partial charge in [0.2, 0.25) is 0 Å². The smallest absolute Gasteiger partial charge is 0.142 e. The van der Waals surface area contributed by atoms with Gasteiger partial charge in [-0.1, -0.05) is 46.9 Å². The first kappa shape index (κ1) is 13.7. The minimum Gasteiger partial charge on any atom is -0.486 e. The molecule has 0 aliphatic heterocycles. The van der Waals surface area contributed by atoms with E-state index in [1.165, 1.54) is 5.54 Å². The number of hydrogen-bond donors (Lipinski definition) is 1. The van der Waals surface area contributed by atoms with Crippen LogP contribution < -0.4 is 10.1 Å². The summed E-state index contributed by atoms with van der Waals surface area (Å²) in [6.07, 6.45) is 0. The summed E-state index contributed by atoms with van der Waals surface area (Å²) in [6.45, 7) is 0.892. The van der Waals surface area contributed by atoms with E-state index in [2.05, 4.69) is 5.32 Å². The predicted molar refractivity (Wildman–Crippen MR) is 69.5 cm³/mol. The Kier molecular flexibility index (Phi) is 5.99. The van der Waals surface area contributed by atoms with Gasteiger partial charge in [0.25, 0.3) is 0 Å². The van der Waals surface area contributed by atoms with Crippen LogP contribution in [-0.4, -0.2) is 13.7 Å². The van der Waals surface area contributed by atoms with Gasteiger partial charge in [0.05, 0.1) is 10.1 Å². The molecule has 1 rings (SSSR count). The summed E-state index contributed by atoms with van der Waals surface area (Å²) in [4.78, 5) is 0. The molecule has 2 nitrogen and oxygen atoms in total. The summed E-state index contributed by atoms with van der Waals surface area (Å²) in [6, 6.07) is 5.59. The van der Waals surface area contributed by atoms with Gasteiger partial charge in [-0.05, 0) is 13.1 Å². The summed E-state index contributed by atoms with van der Waals surface area (Å²) in [5.41, 5.74) is 2.25. The van der Waals surface area contributed by atoms with Gasteiger partial charge < -0.3 is 10.1 Å². The van der Waals surface area contributed by atoms with Crippen molar-refractivity contribution in [1.82, 2.24) is 5.32 Å². The highest BCUT2D eigenvalue weighted by Crippen LogP contribution is 2.29. The van der Waals surface area contributed by atoms with E-state index >= 15 is 0 Å². The summed E-state index contributed by atoms with van der Waals surface area (Å²) in [5.74, 6) is 0.634. The molecule has 0 bridgehead atoms. The number of nitrogens with one attached hydrogen (secondary N) is 1. The summed E-state index contributed by atoms with van der Waals surface area (Å²) in [5, 5.41) is 4.03. The van der Waals surface area contributed by atoms with Crippen LogP contribution in [0, 0.1) is 0 Å². The quantitative estimate of drug-likeness (QED) is 0.887. The monoisotopic (exact) mass is 279 g/mol. The molecule has 1 aromatic carbocycles. The van der Waals surface area contributed by atoms with Gasteiger partial charge >= 0.3 is 0 Å². The first-order valence-electron chi connectivity index (χ1n) is 4.68. The molecule has 16 heavy (non-hydrogen) atoms. The lowest BCUT2D eigenvalue weighted by Gasteiger charge is -2.12. The fraction of sp³-hybridized carbons (Fsp3) is 0.273. The number of halogens is 3. The lowest BCUT2D eigenvalue weighted by Crippen LogP contribution is -2.08. The molecule has 0 aliphatic rings. The molecule has 0 unspecified atom stereocenters. The van der Waals surface area contributed by atoms with E-state index in [9.17, 15) is 0 Å². The molecule has 0 spiro atoms. The van der Waals surface area contributed by atoms with Crippen LogP contribution in [0.15, 0.2) is 28.8 Å². The van der Waals surface area contributed by atoms with Crippen molar-refractivity contribution in [2.45, 2.75) is 6.54 Å². The maximum Gasteiger partial charge on any atom is 0.142 e. The van der Waals surface area contributed by atoms with Crippen molar-refractivity contribution in [1.29, 1.82) is 0 Å². The normalized spacial score (nSPS) is 11.6. The Morgan fingerprint density at radius 3 is 2.88 bits per heavy atom. The highest BCUT2D eigenvalue weighted by molar-refractivity contribution is 6.36. The van der Waals surface area contributed by atoms with E-state index in [1.54, 1.807) is 6.07 Å². The molecule has 0 fully saturated rings. The Morgan fingerprint density at radius 2 is 2.25 bits per heavy atom. The molecule has 0 saturated heterocycles. The molecule has 0 amide bonds. The Balaban J connectivity index is 2.83. The Morgan fingerprint density at radius 1 is 1.50 bits per heavy atom. The second-order valence-corrected chi connectivity index (χ2v) is 4.21. The Labute approximate surface area is 110 Å². The van der Waals surface area contributed by atoms with Crippen LogP contribution in [0.4, 0.5) is 0 Å². The molecular formula is C11H12Cl3NO. The number of benzene rings is 1. The van der Waals surface area contributed by atoms with E-state index in [4.69, 9.17) is 39.5 Å². The van der Waals surface area contributed by atoms with Crippen LogP contribution in [0.5, 0.6) is 5.75 Å². The van der Waals surface area contributed by atoms with Crippen molar-refractivity contribution >= 4 is 34.8 Å². The van der Waals surface area contributed by atoms with Crippen LogP contribution in [-0.2, 0) is 6.54 Å². The van der Waals surface area contributed by atoms with Crippen molar-refractivity contribution in [3.8, 4) is 5.75 Å². The van der Waals surface area contributed by atoms with Gasteiger partial charge in [-0.3, -0.25) is 0 Å². The number of hydrogen-bond acceptors (Lipinski definition) is 2. The van der Waals surface area contributed by atoms with Crippen LogP contribution in [0.25, 0.3) is 0 Å². The van der Waals surface area contributed by atoms with E-state index in [1.807, 2.05) is 19.2 Å². The average molecular weight is 281 g/mol. The molecule has 0 aromatic heterocycles. The molecule has 1 aromatic rings. The third-order valence-corrected chi connectivity index (χ3v) is 2.78. The van der Waals surface area contributed by atoms with E-state index in [0.717, 1.165) is 5.56 Å². The van der Waals surface area contributed by atoms with Crippen LogP contribution in [0.2, 0.25) is 5.02 Å². The highest BCUT2D eigenvalue weighted by Gasteiger charge is 2.08. The fourth-order valence-corrected chi connectivity index (χ4v) is 1.58. The van der Waals surface area contributed by atoms with Crippen molar-refractivity contribution in [2.75, 3.05) is 13.7 Å². The van der Waals surface area contributed by atoms with Gasteiger partial charge in [-0.25, -0.2) is 0 Å². The minimum absolute atomic E-state index is 0.214. The van der Waals surface area contributed by atoms with Crippen LogP contribution in [0.3, 0.4) is 0 Å². The second kappa shape index (κ2) is 7.02. The van der Waals surface area contributed by atoms with Gasteiger partial charge in [-0.15, -0.1) is 0 Å². The number of rotatable bonds is 5. The van der Waals surface area contributed by atoms with Gasteiger partial charge in [0, 0.05) is 17.6 Å². The van der Waals surface area contributed by atoms with Gasteiger partial charge in [0.1, 0.15) is 12.4 Å². The largest absolute Gasteiger partial charge is 0.486 e. The molecule has 0 atom stereocenters. The topological polar surface area (TPSA) is 21.3 Å². The Hall–Kier alpha value is -0.410. The van der Waals surface area contributed by atoms with Gasteiger partial charge in [0.15, 0.2) is 0 Å². The Bertz CT molecular complexity index is 379. The molecule has 88 valence electrons. The number of para-hydroxylation sites is 1. The van der Waals surface area contributed by atoms with Crippen molar-refractivity contribution in [3.63, 3.8) is 0 Å². The van der Waals surface area contributed by atoms with Crippen molar-refractivity contribution < 1.29 is 4.74 Å². The second-order valence-electron chi connectivity index (χ2n) is 3.10. The highest BCUT2D eigenvalue weighted by atomic mass is 35.5. The zero-order valence-electron chi connectivity index (χ0n) is 8.77. The van der Waals surface area contributed by atoms with Crippen LogP contribution >= 0.6 is 34.8 Å². The van der Waals surface area contributed by atoms with Gasteiger partial charge in [-0.2, -0.15) is 0 Å². The van der Waals surface area contributed by atoms with E-state index in [0.29, 0.717) is 22.3 Å². The maximum atomic E-state index is 6.04. The first-order valence-corrected chi connectivity index (χ1v) is 5.87. The lowest BCUT2D eigenvalue weighted by molar-refractivity contribution is 0.355. The third kappa shape index (κ3) is 3.87. The zero-order chi connectivity index (χ0) is 12.0. The predicted octanol–water partition coefficient (Wildman–Crippen LogP) is 3.76. The first-order chi connectivity index (χ1) is 7.69. The SMILES string of the molecule is CNCc1cccc(Cl)c1OC/C(Cl)=C/Cl. The maximum absolute atomic E-state index is 6.04. The molecule has 1 N–H and O–H groups in total. The fourth-order valence-electron chi connectivity index (χ4n) is 1.22. The van der Waals surface area contributed by atoms with E-state index in [-0.39, 0.29) is 6.61 Å². The molecule has 0 radical (unpaired) electrons. The number of ether oxygens (including phenoxy) is 1. The summed E-state index contributed by atoms with van der Waals surface area (Å²) in [7, 11) is 1.86. The minimum atomic E-state index is 0.214. The van der Waals surface area contributed by atoms with Crippen molar-refractivity contribution in [3.05, 3.63) is 39.4 Å². The average Bonchev–Trinajstić information content (AvgIpc) is 2.28. The zero-order valence-corrected chi connectivity index (χ0v) is 11.0. The van der Waals surface area contributed by atoms with Crippen LogP contribution in [0.1, 0.15) is 5.56 Å². The molecule has 0 heterocycles. The molecule has 0 saturated carbocycles. The summed E-state index contributed by atoms with van der Waals surface area (Å²) >= 11 is 17.2. The summed E-state index contributed by atoms with van der Waals surface area (Å²) < 4.78 is 5.52. The molecular weight excluding hydrogens is 268 g/mol. The third-order valence-electron chi connectivity index (χ3n) is 1.89. The standard InChI is InChI=1S/C11H12Cl3NO/c1-15-6-8-3-2-4-10(14)11(8)16-7-9(13)5-12/h2-5,15H,6-7H2,1H3/b9-5-. The molecule has 5 heteroatoms. The lowest BCUT2D eigenvalue weighted by atomic mass is 10.2. The van der Waals surface area contributed by atoms with Crippen molar-refractivity contribution in [2.24, 2.45) is 0 Å². The molecule has 0 aliphatic carbocycles.